The number of carbonyl (C=O) groups excluding carboxylic acids is 3. The fourth-order valence-corrected chi connectivity index (χ4v) is 4.87. The van der Waals surface area contributed by atoms with E-state index in [0.29, 0.717) is 31.7 Å². The number of likely N-dealkylation sites (tertiary alicyclic amines) is 2. The summed E-state index contributed by atoms with van der Waals surface area (Å²) < 4.78 is 14.6. The van der Waals surface area contributed by atoms with Gasteiger partial charge in [-0.2, -0.15) is 0 Å². The van der Waals surface area contributed by atoms with Gasteiger partial charge >= 0.3 is 0 Å². The lowest BCUT2D eigenvalue weighted by molar-refractivity contribution is -0.125. The van der Waals surface area contributed by atoms with Gasteiger partial charge in [-0.25, -0.2) is 9.37 Å². The minimum absolute atomic E-state index is 0.000274. The fourth-order valence-electron chi connectivity index (χ4n) is 4.87. The maximum atomic E-state index is 14.6. The molecule has 2 aromatic heterocycles. The molecule has 174 valence electrons. The largest absolute Gasteiger partial charge is 0.403 e. The number of hydrogen-bond donors (Lipinski definition) is 3. The highest BCUT2D eigenvalue weighted by Crippen LogP contribution is 2.33. The van der Waals surface area contributed by atoms with Crippen LogP contribution in [0.2, 0.25) is 0 Å². The molecule has 2 aliphatic heterocycles. The van der Waals surface area contributed by atoms with Crippen molar-refractivity contribution in [1.29, 1.82) is 0 Å². The predicted molar refractivity (Wildman–Crippen MR) is 123 cm³/mol. The van der Waals surface area contributed by atoms with E-state index in [2.05, 4.69) is 15.3 Å². The number of rotatable bonds is 5. The molecule has 2 unspecified atom stereocenters. The fraction of sp³-hybridized carbons (Fsp3) is 0.250. The molecule has 4 heterocycles. The number of carbonyl (C=O) groups is 3. The number of H-pyrrole nitrogens is 1. The zero-order valence-corrected chi connectivity index (χ0v) is 18.2. The number of nitrogens with two attached hydrogens (primary N) is 1. The maximum Gasteiger partial charge on any atom is 0.295 e. The molecule has 2 amide bonds. The first-order valence-electron chi connectivity index (χ1n) is 10.9. The van der Waals surface area contributed by atoms with Crippen LogP contribution >= 0.6 is 0 Å². The van der Waals surface area contributed by atoms with Gasteiger partial charge in [0.15, 0.2) is 11.6 Å². The lowest BCUT2D eigenvalue weighted by Crippen LogP contribution is -2.38. The number of nitrogens with zero attached hydrogens (tertiary/aromatic N) is 3. The van der Waals surface area contributed by atoms with E-state index in [1.807, 2.05) is 18.2 Å². The van der Waals surface area contributed by atoms with Gasteiger partial charge in [-0.15, -0.1) is 0 Å². The third kappa shape index (κ3) is 3.66. The van der Waals surface area contributed by atoms with Crippen molar-refractivity contribution in [1.82, 2.24) is 19.8 Å². The second-order valence-electron chi connectivity index (χ2n) is 8.55. The smallest absolute Gasteiger partial charge is 0.295 e. The van der Waals surface area contributed by atoms with Crippen LogP contribution in [0.3, 0.4) is 0 Å². The van der Waals surface area contributed by atoms with E-state index in [1.165, 1.54) is 23.5 Å². The molecular weight excluding hydrogens is 439 g/mol. The van der Waals surface area contributed by atoms with Crippen LogP contribution in [0.15, 0.2) is 55.1 Å². The van der Waals surface area contributed by atoms with Crippen LogP contribution < -0.4 is 11.1 Å². The van der Waals surface area contributed by atoms with E-state index in [9.17, 15) is 18.8 Å². The Morgan fingerprint density at radius 2 is 1.76 bits per heavy atom. The molecule has 0 saturated carbocycles. The van der Waals surface area contributed by atoms with Gasteiger partial charge in [0, 0.05) is 62.2 Å². The molecule has 0 radical (unpaired) electrons. The number of pyridine rings is 1. The van der Waals surface area contributed by atoms with Gasteiger partial charge in [0.25, 0.3) is 17.6 Å². The molecule has 10 heteroatoms. The quantitative estimate of drug-likeness (QED) is 0.393. The summed E-state index contributed by atoms with van der Waals surface area (Å²) in [4.78, 5) is 48.9. The molecule has 0 aliphatic carbocycles. The highest BCUT2D eigenvalue weighted by Gasteiger charge is 2.44. The summed E-state index contributed by atoms with van der Waals surface area (Å²) in [6.45, 7) is 1.84. The van der Waals surface area contributed by atoms with Gasteiger partial charge in [-0.3, -0.25) is 14.4 Å². The number of anilines is 1. The third-order valence-electron chi connectivity index (χ3n) is 6.50. The van der Waals surface area contributed by atoms with Gasteiger partial charge < -0.3 is 25.8 Å². The number of halogens is 1. The summed E-state index contributed by atoms with van der Waals surface area (Å²) in [5.41, 5.74) is 6.18. The maximum absolute atomic E-state index is 14.6. The van der Waals surface area contributed by atoms with E-state index < -0.39 is 17.5 Å². The van der Waals surface area contributed by atoms with Crippen LogP contribution in [0.25, 0.3) is 10.9 Å². The molecule has 1 aromatic carbocycles. The normalized spacial score (nSPS) is 19.7. The summed E-state index contributed by atoms with van der Waals surface area (Å²) in [6.07, 6.45) is 4.99. The molecule has 2 saturated heterocycles. The van der Waals surface area contributed by atoms with Gasteiger partial charge in [-0.1, -0.05) is 18.2 Å². The lowest BCUT2D eigenvalue weighted by atomic mass is 10.0. The Morgan fingerprint density at radius 3 is 2.44 bits per heavy atom. The summed E-state index contributed by atoms with van der Waals surface area (Å²) in [5, 5.41) is 2.80. The summed E-state index contributed by atoms with van der Waals surface area (Å²) in [6, 6.07) is 9.09. The summed E-state index contributed by atoms with van der Waals surface area (Å²) in [5.74, 6) is -1.70. The second-order valence-corrected chi connectivity index (χ2v) is 8.55. The molecule has 2 fully saturated rings. The van der Waals surface area contributed by atoms with Crippen molar-refractivity contribution in [2.75, 3.05) is 31.5 Å². The van der Waals surface area contributed by atoms with Crippen molar-refractivity contribution < 1.29 is 18.8 Å². The predicted octanol–water partition coefficient (Wildman–Crippen LogP) is 1.96. The average Bonchev–Trinajstić information content (AvgIpc) is 3.57. The number of benzene rings is 1. The number of aromatic nitrogens is 2. The van der Waals surface area contributed by atoms with E-state index in [1.54, 1.807) is 17.0 Å². The number of fused-ring (bicyclic) bond motifs is 2. The van der Waals surface area contributed by atoms with Gasteiger partial charge in [-0.05, 0) is 12.1 Å². The summed E-state index contributed by atoms with van der Waals surface area (Å²) in [7, 11) is 0. The topological polar surface area (TPSA) is 124 Å². The minimum atomic E-state index is -0.783. The van der Waals surface area contributed by atoms with Gasteiger partial charge in [0.05, 0.1) is 22.7 Å². The van der Waals surface area contributed by atoms with Crippen LogP contribution in [0.1, 0.15) is 20.7 Å². The summed E-state index contributed by atoms with van der Waals surface area (Å²) >= 11 is 0. The minimum Gasteiger partial charge on any atom is -0.403 e. The second kappa shape index (κ2) is 8.62. The number of hydrogen-bond acceptors (Lipinski definition) is 6. The Bertz CT molecular complexity index is 1290. The van der Waals surface area contributed by atoms with Crippen molar-refractivity contribution in [3.8, 4) is 0 Å². The Labute approximate surface area is 194 Å². The van der Waals surface area contributed by atoms with Crippen molar-refractivity contribution in [2.24, 2.45) is 17.6 Å². The standard InChI is InChI=1S/C24H23FN6O3/c25-18-9-29-22(27-7-6-26)20-19(18)17(8-28-20)21(32)24(34)31-12-15-10-30(11-16(15)13-31)23(33)14-4-2-1-3-5-14/h1-9,15-16,28H,10-13,26H2,(H,27,29)/b7-6-. The molecule has 2 atom stereocenters. The highest BCUT2D eigenvalue weighted by atomic mass is 19.1. The van der Waals surface area contributed by atoms with E-state index >= 15 is 0 Å². The van der Waals surface area contributed by atoms with Gasteiger partial charge in [0.1, 0.15) is 0 Å². The zero-order chi connectivity index (χ0) is 23.8. The molecule has 34 heavy (non-hydrogen) atoms. The Hall–Kier alpha value is -4.21. The highest BCUT2D eigenvalue weighted by molar-refractivity contribution is 6.45. The number of ketones is 1. The van der Waals surface area contributed by atoms with Crippen molar-refractivity contribution >= 4 is 34.3 Å². The monoisotopic (exact) mass is 462 g/mol. The Balaban J connectivity index is 1.29. The first-order valence-corrected chi connectivity index (χ1v) is 10.9. The van der Waals surface area contributed by atoms with Crippen LogP contribution in [-0.2, 0) is 4.79 Å². The molecule has 5 rings (SSSR count). The molecular formula is C24H23FN6O3. The average molecular weight is 462 g/mol. The zero-order valence-electron chi connectivity index (χ0n) is 18.2. The van der Waals surface area contributed by atoms with E-state index in [4.69, 9.17) is 5.73 Å². The van der Waals surface area contributed by atoms with Crippen molar-refractivity contribution in [2.45, 2.75) is 0 Å². The molecule has 4 N–H and O–H groups in total. The van der Waals surface area contributed by atoms with Crippen molar-refractivity contribution in [3.05, 3.63) is 72.1 Å². The SMILES string of the molecule is N/C=C\Nc1ncc(F)c2c(C(=O)C(=O)N3CC4CN(C(=O)c5ccccc5)CC4C3)c[nH]c12. The van der Waals surface area contributed by atoms with Crippen LogP contribution in [0.5, 0.6) is 0 Å². The van der Waals surface area contributed by atoms with Crippen molar-refractivity contribution in [3.63, 3.8) is 0 Å². The molecule has 2 aliphatic rings. The Kier molecular flexibility index (Phi) is 5.48. The number of Topliss-reactive ketones (excluding diaryl/α,β-unsaturated/α-hetero) is 1. The lowest BCUT2D eigenvalue weighted by Gasteiger charge is -2.21. The van der Waals surface area contributed by atoms with Crippen LogP contribution in [0, 0.1) is 17.7 Å². The number of aromatic amines is 1. The Morgan fingerprint density at radius 1 is 1.09 bits per heavy atom. The first kappa shape index (κ1) is 21.6. The third-order valence-corrected chi connectivity index (χ3v) is 6.50. The molecule has 0 spiro atoms. The molecule has 9 nitrogen and oxygen atoms in total. The van der Waals surface area contributed by atoms with Gasteiger partial charge in [0.2, 0.25) is 0 Å². The first-order chi connectivity index (χ1) is 16.5. The number of amides is 2. The van der Waals surface area contributed by atoms with Crippen LogP contribution in [0.4, 0.5) is 10.2 Å². The van der Waals surface area contributed by atoms with E-state index in [0.717, 1.165) is 6.20 Å². The van der Waals surface area contributed by atoms with E-state index in [-0.39, 0.29) is 40.0 Å². The molecule has 0 bridgehead atoms. The molecule has 3 aromatic rings. The van der Waals surface area contributed by atoms with Crippen LogP contribution in [-0.4, -0.2) is 63.5 Å². The number of nitrogens with one attached hydrogen (secondary N) is 2.